The third-order valence-electron chi connectivity index (χ3n) is 3.44. The standard InChI is InChI=1S/C12H22F3NS/c1-2-4-10(9-17)7-16-6-3-5-11(8-16)12(13,14)15/h10-11,17H,2-9H2,1H3. The third-order valence-corrected chi connectivity index (χ3v) is 3.96. The number of piperidine rings is 1. The van der Waals surface area contributed by atoms with E-state index in [1.807, 2.05) is 4.90 Å². The summed E-state index contributed by atoms with van der Waals surface area (Å²) in [6.07, 6.45) is -0.951. The van der Waals surface area contributed by atoms with Crippen LogP contribution in [0, 0.1) is 11.8 Å². The Kier molecular flexibility index (Phi) is 6.13. The SMILES string of the molecule is CCCC(CS)CN1CCCC(C(F)(F)F)C1. The molecule has 1 rings (SSSR count). The predicted molar refractivity (Wildman–Crippen MR) is 67.5 cm³/mol. The zero-order valence-electron chi connectivity index (χ0n) is 10.3. The number of rotatable bonds is 5. The van der Waals surface area contributed by atoms with Crippen LogP contribution in [0.1, 0.15) is 32.6 Å². The van der Waals surface area contributed by atoms with Crippen molar-refractivity contribution in [1.82, 2.24) is 4.90 Å². The maximum absolute atomic E-state index is 12.6. The van der Waals surface area contributed by atoms with Crippen LogP contribution in [0.2, 0.25) is 0 Å². The van der Waals surface area contributed by atoms with Crippen molar-refractivity contribution in [3.05, 3.63) is 0 Å². The Labute approximate surface area is 107 Å². The third kappa shape index (κ3) is 5.08. The molecule has 0 bridgehead atoms. The Hall–Kier alpha value is 0.100. The minimum absolute atomic E-state index is 0.178. The van der Waals surface area contributed by atoms with Gasteiger partial charge in [0, 0.05) is 13.1 Å². The molecule has 5 heteroatoms. The van der Waals surface area contributed by atoms with Gasteiger partial charge in [-0.15, -0.1) is 0 Å². The highest BCUT2D eigenvalue weighted by Gasteiger charge is 2.41. The van der Waals surface area contributed by atoms with Gasteiger partial charge in [0.25, 0.3) is 0 Å². The van der Waals surface area contributed by atoms with Gasteiger partial charge in [-0.2, -0.15) is 25.8 Å². The molecule has 0 aliphatic carbocycles. The van der Waals surface area contributed by atoms with Crippen LogP contribution in [-0.4, -0.2) is 36.5 Å². The molecule has 0 amide bonds. The number of thiol groups is 1. The zero-order chi connectivity index (χ0) is 12.9. The molecule has 0 aromatic rings. The Morgan fingerprint density at radius 3 is 2.65 bits per heavy atom. The molecule has 2 atom stereocenters. The summed E-state index contributed by atoms with van der Waals surface area (Å²) in [4.78, 5) is 1.97. The highest BCUT2D eigenvalue weighted by molar-refractivity contribution is 7.80. The molecule has 0 aromatic heterocycles. The Bertz CT molecular complexity index is 220. The highest BCUT2D eigenvalue weighted by atomic mass is 32.1. The minimum atomic E-state index is -4.03. The molecular weight excluding hydrogens is 247 g/mol. The van der Waals surface area contributed by atoms with Crippen LogP contribution in [0.3, 0.4) is 0 Å². The van der Waals surface area contributed by atoms with E-state index in [4.69, 9.17) is 0 Å². The molecule has 1 nitrogen and oxygen atoms in total. The molecule has 1 aliphatic heterocycles. The molecule has 1 fully saturated rings. The normalized spacial score (nSPS) is 24.9. The van der Waals surface area contributed by atoms with Crippen molar-refractivity contribution in [2.45, 2.75) is 38.8 Å². The Morgan fingerprint density at radius 2 is 2.12 bits per heavy atom. The quantitative estimate of drug-likeness (QED) is 0.746. The second kappa shape index (κ2) is 6.88. The molecule has 1 heterocycles. The van der Waals surface area contributed by atoms with Gasteiger partial charge < -0.3 is 4.90 Å². The lowest BCUT2D eigenvalue weighted by atomic mass is 9.96. The first-order valence-corrected chi connectivity index (χ1v) is 7.00. The first kappa shape index (κ1) is 15.2. The first-order chi connectivity index (χ1) is 7.97. The van der Waals surface area contributed by atoms with Crippen molar-refractivity contribution in [3.8, 4) is 0 Å². The smallest absolute Gasteiger partial charge is 0.302 e. The van der Waals surface area contributed by atoms with Crippen molar-refractivity contribution in [1.29, 1.82) is 0 Å². The van der Waals surface area contributed by atoms with Crippen molar-refractivity contribution in [2.75, 3.05) is 25.4 Å². The van der Waals surface area contributed by atoms with Gasteiger partial charge in [0.05, 0.1) is 5.92 Å². The van der Waals surface area contributed by atoms with Gasteiger partial charge in [-0.05, 0) is 37.5 Å². The number of alkyl halides is 3. The van der Waals surface area contributed by atoms with Crippen molar-refractivity contribution in [3.63, 3.8) is 0 Å². The Morgan fingerprint density at radius 1 is 1.41 bits per heavy atom. The largest absolute Gasteiger partial charge is 0.393 e. The summed E-state index contributed by atoms with van der Waals surface area (Å²) in [6, 6.07) is 0. The Balaban J connectivity index is 2.43. The van der Waals surface area contributed by atoms with Gasteiger partial charge in [-0.3, -0.25) is 0 Å². The van der Waals surface area contributed by atoms with Crippen LogP contribution >= 0.6 is 12.6 Å². The predicted octanol–water partition coefficient (Wildman–Crippen LogP) is 3.61. The van der Waals surface area contributed by atoms with Crippen LogP contribution in [-0.2, 0) is 0 Å². The molecule has 0 N–H and O–H groups in total. The van der Waals surface area contributed by atoms with E-state index in [0.29, 0.717) is 18.8 Å². The van der Waals surface area contributed by atoms with Gasteiger partial charge in [0.15, 0.2) is 0 Å². The lowest BCUT2D eigenvalue weighted by Gasteiger charge is -2.35. The van der Waals surface area contributed by atoms with Gasteiger partial charge >= 0.3 is 6.18 Å². The fourth-order valence-corrected chi connectivity index (χ4v) is 2.80. The number of halogens is 3. The van der Waals surface area contributed by atoms with E-state index in [1.54, 1.807) is 0 Å². The fraction of sp³-hybridized carbons (Fsp3) is 1.00. The molecular formula is C12H22F3NS. The summed E-state index contributed by atoms with van der Waals surface area (Å²) in [5, 5.41) is 0. The topological polar surface area (TPSA) is 3.24 Å². The van der Waals surface area contributed by atoms with E-state index >= 15 is 0 Å². The van der Waals surface area contributed by atoms with Crippen LogP contribution < -0.4 is 0 Å². The van der Waals surface area contributed by atoms with Crippen LogP contribution in [0.4, 0.5) is 13.2 Å². The summed E-state index contributed by atoms with van der Waals surface area (Å²) in [7, 11) is 0. The maximum atomic E-state index is 12.6. The maximum Gasteiger partial charge on any atom is 0.393 e. The number of hydrogen-bond acceptors (Lipinski definition) is 2. The van der Waals surface area contributed by atoms with E-state index in [-0.39, 0.29) is 6.54 Å². The van der Waals surface area contributed by atoms with E-state index in [2.05, 4.69) is 19.6 Å². The summed E-state index contributed by atoms with van der Waals surface area (Å²) in [6.45, 7) is 3.85. The summed E-state index contributed by atoms with van der Waals surface area (Å²) < 4.78 is 37.9. The summed E-state index contributed by atoms with van der Waals surface area (Å²) in [5.74, 6) is 0.0647. The molecule has 1 aliphatic rings. The summed E-state index contributed by atoms with van der Waals surface area (Å²) in [5.41, 5.74) is 0. The fourth-order valence-electron chi connectivity index (χ4n) is 2.50. The van der Waals surface area contributed by atoms with Gasteiger partial charge in [0.2, 0.25) is 0 Å². The first-order valence-electron chi connectivity index (χ1n) is 6.37. The average molecular weight is 269 g/mol. The van der Waals surface area contributed by atoms with Crippen molar-refractivity contribution < 1.29 is 13.2 Å². The molecule has 0 aromatic carbocycles. The van der Waals surface area contributed by atoms with Gasteiger partial charge in [-0.1, -0.05) is 13.3 Å². The lowest BCUT2D eigenvalue weighted by molar-refractivity contribution is -0.187. The molecule has 0 saturated carbocycles. The van der Waals surface area contributed by atoms with Crippen LogP contribution in [0.25, 0.3) is 0 Å². The highest BCUT2D eigenvalue weighted by Crippen LogP contribution is 2.33. The van der Waals surface area contributed by atoms with Crippen LogP contribution in [0.5, 0.6) is 0 Å². The average Bonchev–Trinajstić information content (AvgIpc) is 2.28. The molecule has 17 heavy (non-hydrogen) atoms. The van der Waals surface area contributed by atoms with E-state index in [1.165, 1.54) is 0 Å². The molecule has 0 radical (unpaired) electrons. The lowest BCUT2D eigenvalue weighted by Crippen LogP contribution is -2.43. The number of nitrogens with zero attached hydrogens (tertiary/aromatic N) is 1. The number of hydrogen-bond donors (Lipinski definition) is 1. The number of likely N-dealkylation sites (tertiary alicyclic amines) is 1. The van der Waals surface area contributed by atoms with E-state index in [0.717, 1.165) is 31.7 Å². The second-order valence-corrected chi connectivity index (χ2v) is 5.34. The van der Waals surface area contributed by atoms with Gasteiger partial charge in [0.1, 0.15) is 0 Å². The van der Waals surface area contributed by atoms with Crippen molar-refractivity contribution >= 4 is 12.6 Å². The van der Waals surface area contributed by atoms with E-state index < -0.39 is 12.1 Å². The zero-order valence-corrected chi connectivity index (χ0v) is 11.2. The minimum Gasteiger partial charge on any atom is -0.302 e. The van der Waals surface area contributed by atoms with Crippen LogP contribution in [0.15, 0.2) is 0 Å². The molecule has 102 valence electrons. The molecule has 2 unspecified atom stereocenters. The second-order valence-electron chi connectivity index (χ2n) is 4.98. The summed E-state index contributed by atoms with van der Waals surface area (Å²) >= 11 is 4.28. The molecule has 1 saturated heterocycles. The monoisotopic (exact) mass is 269 g/mol. The van der Waals surface area contributed by atoms with Gasteiger partial charge in [-0.25, -0.2) is 0 Å². The molecule has 0 spiro atoms. The van der Waals surface area contributed by atoms with E-state index in [9.17, 15) is 13.2 Å². The van der Waals surface area contributed by atoms with Crippen molar-refractivity contribution in [2.24, 2.45) is 11.8 Å².